The predicted octanol–water partition coefficient (Wildman–Crippen LogP) is 0.944. The van der Waals surface area contributed by atoms with Gasteiger partial charge in [0.15, 0.2) is 0 Å². The summed E-state index contributed by atoms with van der Waals surface area (Å²) in [5.41, 5.74) is 2.67. The molecule has 2 nitrogen and oxygen atoms in total. The lowest BCUT2D eigenvalue weighted by Gasteiger charge is -2.05. The molecule has 1 N–H and O–H groups in total. The minimum Gasteiger partial charge on any atom is -0.300 e. The molecule has 0 aliphatic carbocycles. The van der Waals surface area contributed by atoms with E-state index in [9.17, 15) is 0 Å². The third-order valence-electron chi connectivity index (χ3n) is 1.05. The summed E-state index contributed by atoms with van der Waals surface area (Å²) in [7, 11) is 1.80. The van der Waals surface area contributed by atoms with Gasteiger partial charge in [0.25, 0.3) is 0 Å². The maximum atomic E-state index is 5.03. The molecule has 0 aromatic heterocycles. The summed E-state index contributed by atoms with van der Waals surface area (Å²) >= 11 is 3.96. The van der Waals surface area contributed by atoms with Crippen LogP contribution in [0.1, 0.15) is 0 Å². The van der Waals surface area contributed by atoms with Crippen molar-refractivity contribution in [2.24, 2.45) is 0 Å². The Morgan fingerprint density at radius 3 is 2.78 bits per heavy atom. The minimum atomic E-state index is 0.664. The van der Waals surface area contributed by atoms with Gasteiger partial charge in [0.05, 0.1) is 11.2 Å². The second-order valence-electron chi connectivity index (χ2n) is 1.69. The van der Waals surface area contributed by atoms with E-state index < -0.39 is 0 Å². The highest BCUT2D eigenvalue weighted by atomic mass is 32.2. The van der Waals surface area contributed by atoms with Crippen molar-refractivity contribution in [3.8, 4) is 0 Å². The Bertz CT molecular complexity index is 75.4. The van der Waals surface area contributed by atoms with Gasteiger partial charge in [-0.05, 0) is 0 Å². The highest BCUT2D eigenvalue weighted by Crippen LogP contribution is 2.31. The SMILES string of the molecule is CNOCC1SCCS1. The molecule has 54 valence electrons. The summed E-state index contributed by atoms with van der Waals surface area (Å²) in [6, 6.07) is 0. The molecule has 1 saturated heterocycles. The third-order valence-corrected chi connectivity index (χ3v) is 4.02. The molecule has 1 heterocycles. The molecule has 0 aromatic rings. The molecular formula is C5H11NOS2. The van der Waals surface area contributed by atoms with Crippen LogP contribution in [0.4, 0.5) is 0 Å². The van der Waals surface area contributed by atoms with Gasteiger partial charge in [0.2, 0.25) is 0 Å². The van der Waals surface area contributed by atoms with Crippen LogP contribution in [0.3, 0.4) is 0 Å². The highest BCUT2D eigenvalue weighted by molar-refractivity contribution is 8.20. The molecule has 0 atom stereocenters. The number of hydroxylamine groups is 1. The molecule has 0 amide bonds. The van der Waals surface area contributed by atoms with Crippen LogP contribution in [-0.2, 0) is 4.84 Å². The fourth-order valence-electron chi connectivity index (χ4n) is 0.655. The Balaban J connectivity index is 1.98. The largest absolute Gasteiger partial charge is 0.300 e. The molecular weight excluding hydrogens is 154 g/mol. The lowest BCUT2D eigenvalue weighted by Crippen LogP contribution is -2.14. The van der Waals surface area contributed by atoms with Crippen LogP contribution in [0.25, 0.3) is 0 Å². The summed E-state index contributed by atoms with van der Waals surface area (Å²) in [6.45, 7) is 0.825. The van der Waals surface area contributed by atoms with Gasteiger partial charge in [-0.2, -0.15) is 0 Å². The first kappa shape index (κ1) is 7.72. The molecule has 0 aromatic carbocycles. The van der Waals surface area contributed by atoms with Crippen molar-refractivity contribution in [3.63, 3.8) is 0 Å². The smallest absolute Gasteiger partial charge is 0.0892 e. The average molecular weight is 165 g/mol. The zero-order chi connectivity index (χ0) is 6.53. The number of hydrogen-bond donors (Lipinski definition) is 1. The zero-order valence-corrected chi connectivity index (χ0v) is 7.06. The molecule has 0 unspecified atom stereocenters. The monoisotopic (exact) mass is 165 g/mol. The maximum Gasteiger partial charge on any atom is 0.0892 e. The van der Waals surface area contributed by atoms with Crippen molar-refractivity contribution in [2.45, 2.75) is 4.58 Å². The van der Waals surface area contributed by atoms with Crippen LogP contribution in [0, 0.1) is 0 Å². The molecule has 0 saturated carbocycles. The number of hydrogen-bond acceptors (Lipinski definition) is 4. The second-order valence-corrected chi connectivity index (χ2v) is 4.61. The van der Waals surface area contributed by atoms with E-state index in [0.29, 0.717) is 4.58 Å². The number of nitrogens with one attached hydrogen (secondary N) is 1. The molecule has 1 rings (SSSR count). The van der Waals surface area contributed by atoms with E-state index in [1.807, 2.05) is 23.5 Å². The third kappa shape index (κ3) is 2.80. The van der Waals surface area contributed by atoms with Crippen LogP contribution in [0.2, 0.25) is 0 Å². The van der Waals surface area contributed by atoms with Gasteiger partial charge < -0.3 is 4.84 Å². The number of thioether (sulfide) groups is 2. The molecule has 0 radical (unpaired) electrons. The molecule has 9 heavy (non-hydrogen) atoms. The summed E-state index contributed by atoms with van der Waals surface area (Å²) in [5, 5.41) is 0. The molecule has 1 aliphatic rings. The summed E-state index contributed by atoms with van der Waals surface area (Å²) in [4.78, 5) is 5.03. The van der Waals surface area contributed by atoms with Crippen molar-refractivity contribution in [2.75, 3.05) is 25.2 Å². The standard InChI is InChI=1S/C5H11NOS2/c1-6-7-4-5-8-2-3-9-5/h5-6H,2-4H2,1H3. The highest BCUT2D eigenvalue weighted by Gasteiger charge is 2.15. The van der Waals surface area contributed by atoms with E-state index in [2.05, 4.69) is 5.48 Å². The van der Waals surface area contributed by atoms with Crippen LogP contribution < -0.4 is 5.48 Å². The Morgan fingerprint density at radius 1 is 1.56 bits per heavy atom. The van der Waals surface area contributed by atoms with Crippen LogP contribution in [0.5, 0.6) is 0 Å². The van der Waals surface area contributed by atoms with Crippen molar-refractivity contribution >= 4 is 23.5 Å². The molecule has 0 spiro atoms. The van der Waals surface area contributed by atoms with Gasteiger partial charge in [-0.1, -0.05) is 0 Å². The maximum absolute atomic E-state index is 5.03. The molecule has 0 bridgehead atoms. The fraction of sp³-hybridized carbons (Fsp3) is 1.00. The van der Waals surface area contributed by atoms with Crippen molar-refractivity contribution in [1.29, 1.82) is 0 Å². The normalized spacial score (nSPS) is 21.0. The molecule has 1 fully saturated rings. The number of rotatable bonds is 3. The van der Waals surface area contributed by atoms with Crippen LogP contribution in [0.15, 0.2) is 0 Å². The van der Waals surface area contributed by atoms with E-state index in [-0.39, 0.29) is 0 Å². The molecule has 4 heteroatoms. The van der Waals surface area contributed by atoms with Gasteiger partial charge in [0.1, 0.15) is 0 Å². The Labute approximate surface area is 64.1 Å². The van der Waals surface area contributed by atoms with E-state index in [4.69, 9.17) is 4.84 Å². The van der Waals surface area contributed by atoms with Crippen LogP contribution >= 0.6 is 23.5 Å². The van der Waals surface area contributed by atoms with Crippen molar-refractivity contribution < 1.29 is 4.84 Å². The van der Waals surface area contributed by atoms with Crippen molar-refractivity contribution in [3.05, 3.63) is 0 Å². The Kier molecular flexibility index (Phi) is 3.81. The van der Waals surface area contributed by atoms with Gasteiger partial charge in [-0.15, -0.1) is 23.5 Å². The first-order chi connectivity index (χ1) is 4.43. The van der Waals surface area contributed by atoms with Gasteiger partial charge in [-0.25, -0.2) is 5.48 Å². The Hall–Kier alpha value is 0.620. The molecule has 1 aliphatic heterocycles. The van der Waals surface area contributed by atoms with Crippen LogP contribution in [-0.4, -0.2) is 29.7 Å². The lowest BCUT2D eigenvalue weighted by molar-refractivity contribution is 0.0677. The summed E-state index contributed by atoms with van der Waals surface area (Å²) in [5.74, 6) is 2.56. The lowest BCUT2D eigenvalue weighted by atomic mass is 10.9. The van der Waals surface area contributed by atoms with E-state index in [1.165, 1.54) is 11.5 Å². The summed E-state index contributed by atoms with van der Waals surface area (Å²) in [6.07, 6.45) is 0. The predicted molar refractivity (Wildman–Crippen MR) is 43.7 cm³/mol. The first-order valence-corrected chi connectivity index (χ1v) is 5.05. The quantitative estimate of drug-likeness (QED) is 0.628. The van der Waals surface area contributed by atoms with E-state index in [1.54, 1.807) is 7.05 Å². The van der Waals surface area contributed by atoms with Gasteiger partial charge >= 0.3 is 0 Å². The topological polar surface area (TPSA) is 21.3 Å². The Morgan fingerprint density at radius 2 is 2.22 bits per heavy atom. The second kappa shape index (κ2) is 4.44. The average Bonchev–Trinajstić information content (AvgIpc) is 2.34. The fourth-order valence-corrected chi connectivity index (χ4v) is 3.24. The van der Waals surface area contributed by atoms with E-state index in [0.717, 1.165) is 6.61 Å². The van der Waals surface area contributed by atoms with E-state index >= 15 is 0 Å². The van der Waals surface area contributed by atoms with Gasteiger partial charge in [0, 0.05) is 18.6 Å². The van der Waals surface area contributed by atoms with Gasteiger partial charge in [-0.3, -0.25) is 0 Å². The zero-order valence-electron chi connectivity index (χ0n) is 5.42. The van der Waals surface area contributed by atoms with Crippen molar-refractivity contribution in [1.82, 2.24) is 5.48 Å². The summed E-state index contributed by atoms with van der Waals surface area (Å²) < 4.78 is 0.664. The first-order valence-electron chi connectivity index (χ1n) is 2.95. The minimum absolute atomic E-state index is 0.664.